The number of benzene rings is 1. The number of nitrogens with zero attached hydrogens (tertiary/aromatic N) is 2. The van der Waals surface area contributed by atoms with Crippen LogP contribution in [-0.4, -0.2) is 50.5 Å². The van der Waals surface area contributed by atoms with E-state index < -0.39 is 0 Å². The average Bonchev–Trinajstić information content (AvgIpc) is 3.50. The SMILES string of the molecule is c1coc(C(CNC2CCN(c3ccc4c(c3)OCO4)CC2)N2CCCC2)c1. The van der Waals surface area contributed by atoms with Crippen molar-refractivity contribution in [2.24, 2.45) is 0 Å². The van der Waals surface area contributed by atoms with Gasteiger partial charge in [0.15, 0.2) is 11.5 Å². The number of likely N-dealkylation sites (tertiary alicyclic amines) is 1. The predicted molar refractivity (Wildman–Crippen MR) is 108 cm³/mol. The Bertz CT molecular complexity index is 765. The van der Waals surface area contributed by atoms with Crippen LogP contribution in [0.1, 0.15) is 37.5 Å². The summed E-state index contributed by atoms with van der Waals surface area (Å²) in [7, 11) is 0. The molecule has 1 N–H and O–H groups in total. The second-order valence-electron chi connectivity index (χ2n) is 7.98. The van der Waals surface area contributed by atoms with E-state index in [4.69, 9.17) is 13.9 Å². The van der Waals surface area contributed by atoms with Gasteiger partial charge in [0, 0.05) is 37.4 Å². The Labute approximate surface area is 166 Å². The van der Waals surface area contributed by atoms with E-state index in [1.54, 1.807) is 6.26 Å². The lowest BCUT2D eigenvalue weighted by Gasteiger charge is -2.35. The van der Waals surface area contributed by atoms with E-state index in [0.717, 1.165) is 49.7 Å². The second kappa shape index (κ2) is 8.05. The van der Waals surface area contributed by atoms with Crippen LogP contribution in [0.3, 0.4) is 0 Å². The van der Waals surface area contributed by atoms with E-state index in [2.05, 4.69) is 33.3 Å². The number of hydrogen-bond acceptors (Lipinski definition) is 6. The summed E-state index contributed by atoms with van der Waals surface area (Å²) < 4.78 is 16.7. The molecule has 1 unspecified atom stereocenters. The van der Waals surface area contributed by atoms with Crippen LogP contribution in [0, 0.1) is 0 Å². The van der Waals surface area contributed by atoms with Gasteiger partial charge in [-0.2, -0.15) is 0 Å². The fourth-order valence-corrected chi connectivity index (χ4v) is 4.65. The number of piperidine rings is 1. The highest BCUT2D eigenvalue weighted by atomic mass is 16.7. The Morgan fingerprint density at radius 1 is 1.00 bits per heavy atom. The van der Waals surface area contributed by atoms with E-state index in [1.807, 2.05) is 12.1 Å². The Morgan fingerprint density at radius 3 is 2.61 bits per heavy atom. The van der Waals surface area contributed by atoms with Crippen molar-refractivity contribution in [1.82, 2.24) is 10.2 Å². The van der Waals surface area contributed by atoms with Gasteiger partial charge in [-0.15, -0.1) is 0 Å². The van der Waals surface area contributed by atoms with Gasteiger partial charge in [0.25, 0.3) is 0 Å². The van der Waals surface area contributed by atoms with Crippen molar-refractivity contribution in [2.45, 2.75) is 37.8 Å². The maximum atomic E-state index is 5.75. The molecule has 5 rings (SSSR count). The molecule has 1 aromatic carbocycles. The van der Waals surface area contributed by atoms with E-state index in [-0.39, 0.29) is 0 Å². The minimum Gasteiger partial charge on any atom is -0.468 e. The molecule has 0 saturated carbocycles. The van der Waals surface area contributed by atoms with Crippen molar-refractivity contribution in [3.8, 4) is 11.5 Å². The first kappa shape index (κ1) is 17.9. The maximum absolute atomic E-state index is 5.75. The number of furan rings is 1. The van der Waals surface area contributed by atoms with Crippen LogP contribution in [0.4, 0.5) is 5.69 Å². The highest BCUT2D eigenvalue weighted by molar-refractivity contribution is 5.57. The molecule has 0 radical (unpaired) electrons. The summed E-state index contributed by atoms with van der Waals surface area (Å²) in [4.78, 5) is 5.01. The number of hydrogen-bond donors (Lipinski definition) is 1. The van der Waals surface area contributed by atoms with E-state index in [9.17, 15) is 0 Å². The summed E-state index contributed by atoms with van der Waals surface area (Å²) in [6.07, 6.45) is 6.69. The van der Waals surface area contributed by atoms with Gasteiger partial charge in [0.2, 0.25) is 6.79 Å². The monoisotopic (exact) mass is 383 g/mol. The molecule has 1 atom stereocenters. The van der Waals surface area contributed by atoms with Crippen LogP contribution >= 0.6 is 0 Å². The van der Waals surface area contributed by atoms with Gasteiger partial charge in [0.1, 0.15) is 5.76 Å². The molecule has 2 aromatic rings. The number of anilines is 1. The highest BCUT2D eigenvalue weighted by Crippen LogP contribution is 2.36. The third-order valence-corrected chi connectivity index (χ3v) is 6.27. The van der Waals surface area contributed by atoms with Crippen LogP contribution in [0.25, 0.3) is 0 Å². The van der Waals surface area contributed by atoms with E-state index in [0.29, 0.717) is 18.9 Å². The summed E-state index contributed by atoms with van der Waals surface area (Å²) in [6.45, 7) is 5.77. The maximum Gasteiger partial charge on any atom is 0.231 e. The van der Waals surface area contributed by atoms with Crippen LogP contribution in [0.2, 0.25) is 0 Å². The second-order valence-corrected chi connectivity index (χ2v) is 7.98. The molecular weight excluding hydrogens is 354 g/mol. The van der Waals surface area contributed by atoms with Gasteiger partial charge in [-0.3, -0.25) is 4.90 Å². The van der Waals surface area contributed by atoms with Crippen molar-refractivity contribution in [1.29, 1.82) is 0 Å². The quantitative estimate of drug-likeness (QED) is 0.825. The molecule has 3 aliphatic rings. The van der Waals surface area contributed by atoms with E-state index in [1.165, 1.54) is 31.6 Å². The van der Waals surface area contributed by atoms with Crippen LogP contribution in [0.15, 0.2) is 41.0 Å². The zero-order chi connectivity index (χ0) is 18.8. The molecule has 0 bridgehead atoms. The van der Waals surface area contributed by atoms with Crippen LogP contribution in [-0.2, 0) is 0 Å². The molecule has 0 amide bonds. The van der Waals surface area contributed by atoms with Crippen molar-refractivity contribution >= 4 is 5.69 Å². The first-order valence-electron chi connectivity index (χ1n) is 10.5. The fraction of sp³-hybridized carbons (Fsp3) is 0.545. The number of nitrogens with one attached hydrogen (secondary N) is 1. The van der Waals surface area contributed by atoms with E-state index >= 15 is 0 Å². The van der Waals surface area contributed by atoms with Crippen molar-refractivity contribution < 1.29 is 13.9 Å². The van der Waals surface area contributed by atoms with Gasteiger partial charge in [-0.25, -0.2) is 0 Å². The molecule has 2 saturated heterocycles. The molecule has 6 heteroatoms. The standard InChI is InChI=1S/C22H29N3O3/c1-2-10-25(9-1)19(20-4-3-13-26-20)15-23-17-7-11-24(12-8-17)18-5-6-21-22(14-18)28-16-27-21/h3-6,13-14,17,19,23H,1-2,7-12,15-16H2. The summed E-state index contributed by atoms with van der Waals surface area (Å²) in [5.41, 5.74) is 1.23. The van der Waals surface area contributed by atoms with Gasteiger partial charge in [-0.1, -0.05) is 0 Å². The van der Waals surface area contributed by atoms with Gasteiger partial charge in [0.05, 0.1) is 12.3 Å². The third kappa shape index (κ3) is 3.71. The lowest BCUT2D eigenvalue weighted by Crippen LogP contribution is -2.45. The van der Waals surface area contributed by atoms with Crippen molar-refractivity contribution in [3.05, 3.63) is 42.4 Å². The first-order chi connectivity index (χ1) is 13.9. The summed E-state index contributed by atoms with van der Waals surface area (Å²) in [5, 5.41) is 3.83. The third-order valence-electron chi connectivity index (χ3n) is 6.27. The highest BCUT2D eigenvalue weighted by Gasteiger charge is 2.27. The molecule has 3 aliphatic heterocycles. The molecule has 1 aromatic heterocycles. The lowest BCUT2D eigenvalue weighted by molar-refractivity contribution is 0.174. The van der Waals surface area contributed by atoms with Gasteiger partial charge in [-0.05, 0) is 63.0 Å². The largest absolute Gasteiger partial charge is 0.468 e. The molecule has 0 aliphatic carbocycles. The Balaban J connectivity index is 1.16. The number of ether oxygens (including phenoxy) is 2. The Morgan fingerprint density at radius 2 is 1.82 bits per heavy atom. The lowest BCUT2D eigenvalue weighted by atomic mass is 10.0. The summed E-state index contributed by atoms with van der Waals surface area (Å²) >= 11 is 0. The zero-order valence-corrected chi connectivity index (χ0v) is 16.3. The van der Waals surface area contributed by atoms with Crippen molar-refractivity contribution in [2.75, 3.05) is 44.4 Å². The molecule has 4 heterocycles. The summed E-state index contributed by atoms with van der Waals surface area (Å²) in [5.74, 6) is 2.81. The average molecular weight is 383 g/mol. The summed E-state index contributed by atoms with van der Waals surface area (Å²) in [6, 6.07) is 11.3. The fourth-order valence-electron chi connectivity index (χ4n) is 4.65. The van der Waals surface area contributed by atoms with Crippen molar-refractivity contribution in [3.63, 3.8) is 0 Å². The Kier molecular flexibility index (Phi) is 5.14. The van der Waals surface area contributed by atoms with Gasteiger partial charge >= 0.3 is 0 Å². The molecule has 150 valence electrons. The number of rotatable bonds is 6. The molecule has 0 spiro atoms. The molecule has 28 heavy (non-hydrogen) atoms. The molecule has 2 fully saturated rings. The zero-order valence-electron chi connectivity index (χ0n) is 16.3. The topological polar surface area (TPSA) is 50.1 Å². The minimum absolute atomic E-state index is 0.332. The van der Waals surface area contributed by atoms with Crippen LogP contribution < -0.4 is 19.7 Å². The molecular formula is C22H29N3O3. The molecule has 6 nitrogen and oxygen atoms in total. The number of fused-ring (bicyclic) bond motifs is 1. The minimum atomic E-state index is 0.332. The smallest absolute Gasteiger partial charge is 0.231 e. The Hall–Kier alpha value is -2.18. The van der Waals surface area contributed by atoms with Gasteiger partial charge < -0.3 is 24.1 Å². The first-order valence-corrected chi connectivity index (χ1v) is 10.5. The predicted octanol–water partition coefficient (Wildman–Crippen LogP) is 3.40. The normalized spacial score (nSPS) is 21.4. The van der Waals surface area contributed by atoms with Crippen LogP contribution in [0.5, 0.6) is 11.5 Å².